The minimum atomic E-state index is -3.76. The Morgan fingerprint density at radius 3 is 2.33 bits per heavy atom. The lowest BCUT2D eigenvalue weighted by molar-refractivity contribution is -0.147. The Balaban J connectivity index is 2.24. The molecule has 0 aromatic heterocycles. The van der Waals surface area contributed by atoms with E-state index in [0.29, 0.717) is 6.07 Å². The maximum absolute atomic E-state index is 13.2. The molecule has 7 nitrogen and oxygen atoms in total. The van der Waals surface area contributed by atoms with Gasteiger partial charge in [-0.25, -0.2) is 17.2 Å². The summed E-state index contributed by atoms with van der Waals surface area (Å²) in [7, 11) is -3.76. The minimum Gasteiger partial charge on any atom is -0.481 e. The number of carboxylic acids is 1. The molecule has 1 atom stereocenters. The van der Waals surface area contributed by atoms with E-state index in [1.54, 1.807) is 0 Å². The molecule has 1 aliphatic rings. The number of amides is 1. The monoisotopic (exact) mass is 362 g/mol. The third-order valence-corrected chi connectivity index (χ3v) is 4.91. The van der Waals surface area contributed by atoms with Crippen LogP contribution in [0, 0.1) is 11.6 Å². The van der Waals surface area contributed by atoms with Crippen LogP contribution < -0.4 is 0 Å². The van der Waals surface area contributed by atoms with E-state index in [9.17, 15) is 26.8 Å². The number of hydrogen-bond acceptors (Lipinski definition) is 4. The van der Waals surface area contributed by atoms with Crippen LogP contribution in [-0.4, -0.2) is 60.0 Å². The highest BCUT2D eigenvalue weighted by Crippen LogP contribution is 2.20. The highest BCUT2D eigenvalue weighted by atomic mass is 32.2. The second-order valence-electron chi connectivity index (χ2n) is 5.52. The van der Waals surface area contributed by atoms with Crippen molar-refractivity contribution in [2.24, 2.45) is 0 Å². The van der Waals surface area contributed by atoms with Gasteiger partial charge in [0, 0.05) is 25.7 Å². The molecule has 0 radical (unpaired) electrons. The van der Waals surface area contributed by atoms with E-state index < -0.39 is 46.0 Å². The second kappa shape index (κ2) is 6.81. The molecule has 1 fully saturated rings. The zero-order chi connectivity index (χ0) is 18.1. The molecule has 1 aromatic rings. The molecule has 24 heavy (non-hydrogen) atoms. The number of halogens is 2. The number of sulfonamides is 1. The summed E-state index contributed by atoms with van der Waals surface area (Å²) in [5, 5.41) is 8.92. The second-order valence-corrected chi connectivity index (χ2v) is 7.46. The van der Waals surface area contributed by atoms with Crippen LogP contribution in [0.2, 0.25) is 0 Å². The first-order valence-electron chi connectivity index (χ1n) is 7.00. The van der Waals surface area contributed by atoms with Crippen molar-refractivity contribution >= 4 is 21.9 Å². The van der Waals surface area contributed by atoms with Crippen LogP contribution in [0.15, 0.2) is 18.2 Å². The van der Waals surface area contributed by atoms with E-state index in [2.05, 4.69) is 0 Å². The molecule has 10 heteroatoms. The molecule has 1 saturated heterocycles. The molecule has 1 N–H and O–H groups in total. The lowest BCUT2D eigenvalue weighted by atomic mass is 10.1. The maximum Gasteiger partial charge on any atom is 0.305 e. The van der Waals surface area contributed by atoms with Crippen LogP contribution in [0.5, 0.6) is 0 Å². The highest BCUT2D eigenvalue weighted by molar-refractivity contribution is 7.88. The zero-order valence-corrected chi connectivity index (χ0v) is 13.6. The van der Waals surface area contributed by atoms with Gasteiger partial charge >= 0.3 is 5.97 Å². The third kappa shape index (κ3) is 4.26. The summed E-state index contributed by atoms with van der Waals surface area (Å²) in [5.41, 5.74) is 0.197. The van der Waals surface area contributed by atoms with Crippen LogP contribution in [0.4, 0.5) is 8.78 Å². The Labute approximate surface area is 137 Å². The molecule has 2 rings (SSSR count). The van der Waals surface area contributed by atoms with Gasteiger partial charge in [0.05, 0.1) is 12.7 Å². The van der Waals surface area contributed by atoms with Crippen LogP contribution in [0.1, 0.15) is 12.0 Å². The van der Waals surface area contributed by atoms with Crippen LogP contribution in [-0.2, 0) is 26.2 Å². The van der Waals surface area contributed by atoms with Gasteiger partial charge in [-0.3, -0.25) is 9.59 Å². The van der Waals surface area contributed by atoms with Crippen molar-refractivity contribution in [2.75, 3.05) is 19.3 Å². The smallest absolute Gasteiger partial charge is 0.305 e. The summed E-state index contributed by atoms with van der Waals surface area (Å²) >= 11 is 0. The number of hydrogen-bond donors (Lipinski definition) is 1. The van der Waals surface area contributed by atoms with Gasteiger partial charge in [0.25, 0.3) is 0 Å². The largest absolute Gasteiger partial charge is 0.481 e. The Hall–Kier alpha value is -2.07. The summed E-state index contributed by atoms with van der Waals surface area (Å²) in [4.78, 5) is 24.6. The van der Waals surface area contributed by atoms with E-state index in [1.807, 2.05) is 0 Å². The Morgan fingerprint density at radius 2 is 1.83 bits per heavy atom. The summed E-state index contributed by atoms with van der Waals surface area (Å²) in [6.07, 6.45) is 0.215. The molecular formula is C14H16F2N2O5S. The molecule has 0 bridgehead atoms. The fourth-order valence-corrected chi connectivity index (χ4v) is 3.69. The van der Waals surface area contributed by atoms with Gasteiger partial charge in [0.15, 0.2) is 0 Å². The van der Waals surface area contributed by atoms with E-state index in [-0.39, 0.29) is 25.2 Å². The van der Waals surface area contributed by atoms with Gasteiger partial charge in [0.1, 0.15) is 17.7 Å². The Kier molecular flexibility index (Phi) is 5.19. The zero-order valence-electron chi connectivity index (χ0n) is 12.8. The topological polar surface area (TPSA) is 95.0 Å². The molecule has 1 unspecified atom stereocenters. The molecule has 1 amide bonds. The van der Waals surface area contributed by atoms with Crippen LogP contribution in [0.25, 0.3) is 0 Å². The molecule has 1 aromatic carbocycles. The maximum atomic E-state index is 13.2. The van der Waals surface area contributed by atoms with Crippen molar-refractivity contribution < 1.29 is 31.9 Å². The van der Waals surface area contributed by atoms with Gasteiger partial charge < -0.3 is 10.0 Å². The fourth-order valence-electron chi connectivity index (χ4n) is 2.65. The normalized spacial score (nSPS) is 19.5. The van der Waals surface area contributed by atoms with Gasteiger partial charge in [-0.1, -0.05) is 0 Å². The van der Waals surface area contributed by atoms with Crippen molar-refractivity contribution in [1.29, 1.82) is 0 Å². The number of carboxylic acid groups (broad SMARTS) is 1. The summed E-state index contributed by atoms with van der Waals surface area (Å²) in [6.45, 7) is -0.221. The van der Waals surface area contributed by atoms with Crippen molar-refractivity contribution in [3.63, 3.8) is 0 Å². The third-order valence-electron chi connectivity index (χ3n) is 3.62. The summed E-state index contributed by atoms with van der Waals surface area (Å²) in [6, 6.07) is 1.45. The standard InChI is InChI=1S/C14H16F2N2O5S/c1-24(22,23)18-3-2-17(14(21)12(18)7-13(19)20)8-9-4-10(15)6-11(16)5-9/h4-6,12H,2-3,7-8H2,1H3,(H,19,20). The summed E-state index contributed by atoms with van der Waals surface area (Å²) < 4.78 is 50.8. The first-order chi connectivity index (χ1) is 11.1. The minimum absolute atomic E-state index is 0.000154. The highest BCUT2D eigenvalue weighted by Gasteiger charge is 2.40. The number of aliphatic carboxylic acids is 1. The molecule has 1 heterocycles. The van der Waals surface area contributed by atoms with Crippen molar-refractivity contribution in [2.45, 2.75) is 19.0 Å². The first-order valence-corrected chi connectivity index (χ1v) is 8.85. The van der Waals surface area contributed by atoms with E-state index >= 15 is 0 Å². The van der Waals surface area contributed by atoms with Crippen molar-refractivity contribution in [3.8, 4) is 0 Å². The number of nitrogens with zero attached hydrogens (tertiary/aromatic N) is 2. The molecule has 132 valence electrons. The van der Waals surface area contributed by atoms with Crippen molar-refractivity contribution in [1.82, 2.24) is 9.21 Å². The predicted octanol–water partition coefficient (Wildman–Crippen LogP) is 0.412. The Bertz CT molecular complexity index is 748. The molecular weight excluding hydrogens is 346 g/mol. The lowest BCUT2D eigenvalue weighted by Crippen LogP contribution is -2.58. The number of piperazine rings is 1. The van der Waals surface area contributed by atoms with Crippen LogP contribution in [0.3, 0.4) is 0 Å². The first kappa shape index (κ1) is 18.3. The van der Waals surface area contributed by atoms with Crippen molar-refractivity contribution in [3.05, 3.63) is 35.4 Å². The predicted molar refractivity (Wildman–Crippen MR) is 79.4 cm³/mol. The number of rotatable bonds is 5. The average molecular weight is 362 g/mol. The van der Waals surface area contributed by atoms with Gasteiger partial charge in [-0.15, -0.1) is 0 Å². The number of carbonyl (C=O) groups excluding carboxylic acids is 1. The number of benzene rings is 1. The van der Waals surface area contributed by atoms with Gasteiger partial charge in [0.2, 0.25) is 15.9 Å². The molecule has 0 spiro atoms. The molecule has 0 saturated carbocycles. The van der Waals surface area contributed by atoms with E-state index in [4.69, 9.17) is 5.11 Å². The quantitative estimate of drug-likeness (QED) is 0.819. The van der Waals surface area contributed by atoms with E-state index in [0.717, 1.165) is 22.7 Å². The van der Waals surface area contributed by atoms with Crippen LogP contribution >= 0.6 is 0 Å². The van der Waals surface area contributed by atoms with Gasteiger partial charge in [-0.05, 0) is 17.7 Å². The van der Waals surface area contributed by atoms with Gasteiger partial charge in [-0.2, -0.15) is 4.31 Å². The molecule has 1 aliphatic heterocycles. The molecule has 0 aliphatic carbocycles. The fraction of sp³-hybridized carbons (Fsp3) is 0.429. The average Bonchev–Trinajstić information content (AvgIpc) is 2.40. The SMILES string of the molecule is CS(=O)(=O)N1CCN(Cc2cc(F)cc(F)c2)C(=O)C1CC(=O)O. The lowest BCUT2D eigenvalue weighted by Gasteiger charge is -2.38. The van der Waals surface area contributed by atoms with E-state index in [1.165, 1.54) is 4.90 Å². The number of carbonyl (C=O) groups is 2. The summed E-state index contributed by atoms with van der Waals surface area (Å²) in [5.74, 6) is -3.62. The Morgan fingerprint density at radius 1 is 1.25 bits per heavy atom.